The highest BCUT2D eigenvalue weighted by Crippen LogP contribution is 2.25. The van der Waals surface area contributed by atoms with Crippen molar-refractivity contribution in [2.24, 2.45) is 0 Å². The molecule has 2 aromatic rings. The Morgan fingerprint density at radius 2 is 1.00 bits per heavy atom. The van der Waals surface area contributed by atoms with E-state index in [1.807, 2.05) is 0 Å². The van der Waals surface area contributed by atoms with Crippen LogP contribution in [0.2, 0.25) is 0 Å². The highest BCUT2D eigenvalue weighted by atomic mass is 14.1. The summed E-state index contributed by atoms with van der Waals surface area (Å²) < 4.78 is 0. The molecule has 0 N–H and O–H groups in total. The number of aryl methyl sites for hydroxylation is 1. The van der Waals surface area contributed by atoms with Gasteiger partial charge in [-0.2, -0.15) is 0 Å². The SMILES string of the molecule is Cc1ccc(C(C)c2ccc(C(C)C)cc2)cc1. The van der Waals surface area contributed by atoms with Crippen molar-refractivity contribution in [2.75, 3.05) is 0 Å². The molecule has 2 rings (SSSR count). The second-order valence-electron chi connectivity index (χ2n) is 5.45. The first kappa shape index (κ1) is 12.9. The molecule has 0 heterocycles. The Balaban J connectivity index is 2.23. The minimum atomic E-state index is 0.465. The Hall–Kier alpha value is -1.56. The summed E-state index contributed by atoms with van der Waals surface area (Å²) in [5, 5.41) is 0. The highest BCUT2D eigenvalue weighted by Gasteiger charge is 2.08. The van der Waals surface area contributed by atoms with Crippen LogP contribution in [0, 0.1) is 6.92 Å². The standard InChI is InChI=1S/C18H22/c1-13(2)16-9-11-18(12-10-16)15(4)17-7-5-14(3)6-8-17/h5-13,15H,1-4H3. The molecule has 0 radical (unpaired) electrons. The van der Waals surface area contributed by atoms with E-state index in [9.17, 15) is 0 Å². The molecule has 1 atom stereocenters. The maximum atomic E-state index is 2.27. The maximum Gasteiger partial charge on any atom is 0.00610 e. The van der Waals surface area contributed by atoms with Crippen molar-refractivity contribution < 1.29 is 0 Å². The topological polar surface area (TPSA) is 0 Å². The van der Waals surface area contributed by atoms with Crippen LogP contribution in [0.3, 0.4) is 0 Å². The zero-order valence-electron chi connectivity index (χ0n) is 11.8. The third-order valence-corrected chi connectivity index (χ3v) is 3.68. The van der Waals surface area contributed by atoms with Crippen molar-refractivity contribution in [1.82, 2.24) is 0 Å². The Bertz CT molecular complexity index is 489. The minimum absolute atomic E-state index is 0.465. The Morgan fingerprint density at radius 1 is 0.611 bits per heavy atom. The number of hydrogen-bond donors (Lipinski definition) is 0. The van der Waals surface area contributed by atoms with Crippen LogP contribution in [-0.4, -0.2) is 0 Å². The predicted molar refractivity (Wildman–Crippen MR) is 79.2 cm³/mol. The van der Waals surface area contributed by atoms with Crippen molar-refractivity contribution in [3.05, 3.63) is 70.8 Å². The number of rotatable bonds is 3. The summed E-state index contributed by atoms with van der Waals surface area (Å²) in [6.45, 7) is 8.87. The van der Waals surface area contributed by atoms with Gasteiger partial charge in [-0.3, -0.25) is 0 Å². The van der Waals surface area contributed by atoms with Gasteiger partial charge in [0.1, 0.15) is 0 Å². The summed E-state index contributed by atoms with van der Waals surface area (Å²) >= 11 is 0. The van der Waals surface area contributed by atoms with Gasteiger partial charge in [0.25, 0.3) is 0 Å². The van der Waals surface area contributed by atoms with E-state index < -0.39 is 0 Å². The zero-order chi connectivity index (χ0) is 13.1. The van der Waals surface area contributed by atoms with Crippen LogP contribution in [0.5, 0.6) is 0 Å². The molecule has 0 aromatic heterocycles. The van der Waals surface area contributed by atoms with Gasteiger partial charge in [0.15, 0.2) is 0 Å². The second kappa shape index (κ2) is 5.39. The Labute approximate surface area is 111 Å². The van der Waals surface area contributed by atoms with Crippen LogP contribution in [0.4, 0.5) is 0 Å². The van der Waals surface area contributed by atoms with Gasteiger partial charge in [0.2, 0.25) is 0 Å². The third kappa shape index (κ3) is 2.81. The van der Waals surface area contributed by atoms with Crippen LogP contribution in [-0.2, 0) is 0 Å². The van der Waals surface area contributed by atoms with E-state index in [4.69, 9.17) is 0 Å². The molecule has 0 fully saturated rings. The predicted octanol–water partition coefficient (Wildman–Crippen LogP) is 5.27. The van der Waals surface area contributed by atoms with Crippen molar-refractivity contribution in [1.29, 1.82) is 0 Å². The van der Waals surface area contributed by atoms with Crippen molar-refractivity contribution in [3.63, 3.8) is 0 Å². The fourth-order valence-corrected chi connectivity index (χ4v) is 2.22. The average Bonchev–Trinajstić information content (AvgIpc) is 2.39. The molecule has 0 spiro atoms. The summed E-state index contributed by atoms with van der Waals surface area (Å²) in [6, 6.07) is 17.9. The van der Waals surface area contributed by atoms with Crippen LogP contribution in [0.25, 0.3) is 0 Å². The lowest BCUT2D eigenvalue weighted by Gasteiger charge is -2.14. The molecule has 0 amide bonds. The first-order valence-corrected chi connectivity index (χ1v) is 6.74. The van der Waals surface area contributed by atoms with E-state index in [0.29, 0.717) is 11.8 Å². The first-order chi connectivity index (χ1) is 8.58. The molecule has 0 nitrogen and oxygen atoms in total. The molecular weight excluding hydrogens is 216 g/mol. The van der Waals surface area contributed by atoms with E-state index >= 15 is 0 Å². The van der Waals surface area contributed by atoms with E-state index in [1.54, 1.807) is 0 Å². The molecule has 0 bridgehead atoms. The molecule has 0 aliphatic rings. The number of hydrogen-bond acceptors (Lipinski definition) is 0. The minimum Gasteiger partial charge on any atom is -0.0590 e. The fraction of sp³-hybridized carbons (Fsp3) is 0.333. The lowest BCUT2D eigenvalue weighted by atomic mass is 9.91. The van der Waals surface area contributed by atoms with Crippen LogP contribution < -0.4 is 0 Å². The summed E-state index contributed by atoms with van der Waals surface area (Å²) in [5.74, 6) is 1.07. The summed E-state index contributed by atoms with van der Waals surface area (Å²) in [7, 11) is 0. The molecule has 0 aliphatic heterocycles. The molecule has 0 aliphatic carbocycles. The van der Waals surface area contributed by atoms with E-state index in [1.165, 1.54) is 22.3 Å². The van der Waals surface area contributed by atoms with Gasteiger partial charge < -0.3 is 0 Å². The van der Waals surface area contributed by atoms with Gasteiger partial charge in [-0.05, 0) is 29.5 Å². The molecular formula is C18H22. The van der Waals surface area contributed by atoms with Gasteiger partial charge in [-0.25, -0.2) is 0 Å². The van der Waals surface area contributed by atoms with Crippen molar-refractivity contribution >= 4 is 0 Å². The van der Waals surface area contributed by atoms with Crippen molar-refractivity contribution in [2.45, 2.75) is 39.5 Å². The smallest absolute Gasteiger partial charge is 0.00610 e. The lowest BCUT2D eigenvalue weighted by Crippen LogP contribution is -1.97. The molecule has 18 heavy (non-hydrogen) atoms. The molecule has 1 unspecified atom stereocenters. The van der Waals surface area contributed by atoms with Gasteiger partial charge in [-0.1, -0.05) is 74.9 Å². The van der Waals surface area contributed by atoms with Crippen LogP contribution >= 0.6 is 0 Å². The first-order valence-electron chi connectivity index (χ1n) is 6.74. The van der Waals surface area contributed by atoms with E-state index in [-0.39, 0.29) is 0 Å². The molecule has 94 valence electrons. The largest absolute Gasteiger partial charge is 0.0590 e. The lowest BCUT2D eigenvalue weighted by molar-refractivity contribution is 0.859. The molecule has 0 heteroatoms. The Morgan fingerprint density at radius 3 is 1.44 bits per heavy atom. The Kier molecular flexibility index (Phi) is 3.86. The van der Waals surface area contributed by atoms with Crippen LogP contribution in [0.15, 0.2) is 48.5 Å². The van der Waals surface area contributed by atoms with Crippen molar-refractivity contribution in [3.8, 4) is 0 Å². The van der Waals surface area contributed by atoms with E-state index in [0.717, 1.165) is 0 Å². The van der Waals surface area contributed by atoms with Crippen LogP contribution in [0.1, 0.15) is 54.9 Å². The zero-order valence-corrected chi connectivity index (χ0v) is 11.8. The second-order valence-corrected chi connectivity index (χ2v) is 5.45. The van der Waals surface area contributed by atoms with Gasteiger partial charge >= 0.3 is 0 Å². The monoisotopic (exact) mass is 238 g/mol. The summed E-state index contributed by atoms with van der Waals surface area (Å²) in [5.41, 5.74) is 5.51. The fourth-order valence-electron chi connectivity index (χ4n) is 2.22. The summed E-state index contributed by atoms with van der Waals surface area (Å²) in [6.07, 6.45) is 0. The average molecular weight is 238 g/mol. The molecule has 2 aromatic carbocycles. The van der Waals surface area contributed by atoms with Gasteiger partial charge in [0.05, 0.1) is 0 Å². The molecule has 0 saturated carbocycles. The highest BCUT2D eigenvalue weighted by molar-refractivity contribution is 5.35. The number of benzene rings is 2. The molecule has 0 saturated heterocycles. The maximum absolute atomic E-state index is 2.27. The van der Waals surface area contributed by atoms with E-state index in [2.05, 4.69) is 76.2 Å². The normalized spacial score (nSPS) is 12.7. The third-order valence-electron chi connectivity index (χ3n) is 3.68. The van der Waals surface area contributed by atoms with Gasteiger partial charge in [-0.15, -0.1) is 0 Å². The van der Waals surface area contributed by atoms with Gasteiger partial charge in [0, 0.05) is 5.92 Å². The summed E-state index contributed by atoms with van der Waals surface area (Å²) in [4.78, 5) is 0. The quantitative estimate of drug-likeness (QED) is 0.683.